The zero-order valence-corrected chi connectivity index (χ0v) is 14.4. The average Bonchev–Trinajstić information content (AvgIpc) is 2.97. The van der Waals surface area contributed by atoms with Crippen LogP contribution in [0.2, 0.25) is 5.02 Å². The number of aromatic nitrogens is 1. The zero-order chi connectivity index (χ0) is 17.8. The van der Waals surface area contributed by atoms with E-state index in [0.29, 0.717) is 44.0 Å². The Bertz CT molecular complexity index is 764. The molecule has 0 radical (unpaired) electrons. The lowest BCUT2D eigenvalue weighted by Crippen LogP contribution is -2.38. The third kappa shape index (κ3) is 4.20. The van der Waals surface area contributed by atoms with Gasteiger partial charge in [-0.2, -0.15) is 0 Å². The van der Waals surface area contributed by atoms with Crippen molar-refractivity contribution in [2.75, 3.05) is 26.2 Å². The number of aromatic amines is 1. The summed E-state index contributed by atoms with van der Waals surface area (Å²) in [5.41, 5.74) is 0.905. The Morgan fingerprint density at radius 2 is 1.88 bits per heavy atom. The molecule has 0 saturated carbocycles. The molecule has 0 atom stereocenters. The van der Waals surface area contributed by atoms with Crippen LogP contribution in [0.5, 0.6) is 0 Å². The van der Waals surface area contributed by atoms with E-state index in [9.17, 15) is 14.0 Å². The first-order valence-electron chi connectivity index (χ1n) is 8.18. The van der Waals surface area contributed by atoms with Crippen LogP contribution in [-0.2, 0) is 11.2 Å². The molecule has 1 saturated heterocycles. The smallest absolute Gasteiger partial charge is 0.256 e. The van der Waals surface area contributed by atoms with E-state index in [-0.39, 0.29) is 17.4 Å². The van der Waals surface area contributed by atoms with Crippen molar-refractivity contribution in [1.82, 2.24) is 14.8 Å². The molecule has 2 aromatic rings. The second-order valence-corrected chi connectivity index (χ2v) is 6.48. The first-order valence-corrected chi connectivity index (χ1v) is 8.56. The molecule has 3 rings (SSSR count). The molecule has 7 heteroatoms. The fourth-order valence-electron chi connectivity index (χ4n) is 2.96. The van der Waals surface area contributed by atoms with Crippen LogP contribution in [0.4, 0.5) is 4.39 Å². The van der Waals surface area contributed by atoms with Gasteiger partial charge in [0.05, 0.1) is 12.0 Å². The number of amides is 2. The summed E-state index contributed by atoms with van der Waals surface area (Å²) in [6.07, 6.45) is 4.58. The summed E-state index contributed by atoms with van der Waals surface area (Å²) < 4.78 is 13.9. The lowest BCUT2D eigenvalue weighted by molar-refractivity contribution is -0.130. The van der Waals surface area contributed by atoms with E-state index in [0.717, 1.165) is 5.56 Å². The van der Waals surface area contributed by atoms with Gasteiger partial charge in [0.15, 0.2) is 0 Å². The molecule has 1 aromatic carbocycles. The normalized spacial score (nSPS) is 15.1. The number of hydrogen-bond acceptors (Lipinski definition) is 2. The van der Waals surface area contributed by atoms with Crippen LogP contribution in [0, 0.1) is 5.82 Å². The number of carbonyl (C=O) groups is 2. The van der Waals surface area contributed by atoms with Crippen molar-refractivity contribution in [1.29, 1.82) is 0 Å². The van der Waals surface area contributed by atoms with E-state index < -0.39 is 5.82 Å². The van der Waals surface area contributed by atoms with E-state index in [4.69, 9.17) is 11.6 Å². The fraction of sp³-hybridized carbons (Fsp3) is 0.333. The van der Waals surface area contributed by atoms with Gasteiger partial charge in [0.1, 0.15) is 5.82 Å². The number of hydrogen-bond donors (Lipinski definition) is 1. The van der Waals surface area contributed by atoms with E-state index in [2.05, 4.69) is 4.98 Å². The predicted octanol–water partition coefficient (Wildman–Crippen LogP) is 2.72. The van der Waals surface area contributed by atoms with Crippen LogP contribution in [0.3, 0.4) is 0 Å². The molecule has 2 amide bonds. The Kier molecular flexibility index (Phi) is 5.38. The Morgan fingerprint density at radius 3 is 2.64 bits per heavy atom. The van der Waals surface area contributed by atoms with Gasteiger partial charge in [0.25, 0.3) is 5.91 Å². The summed E-state index contributed by atoms with van der Waals surface area (Å²) in [4.78, 5) is 31.2. The van der Waals surface area contributed by atoms with E-state index in [1.54, 1.807) is 22.2 Å². The molecule has 0 bridgehead atoms. The Hall–Kier alpha value is -2.34. The molecule has 1 aliphatic heterocycles. The summed E-state index contributed by atoms with van der Waals surface area (Å²) in [5.74, 6) is -0.943. The van der Waals surface area contributed by atoms with Crippen LogP contribution >= 0.6 is 11.6 Å². The van der Waals surface area contributed by atoms with Gasteiger partial charge in [0, 0.05) is 43.6 Å². The van der Waals surface area contributed by atoms with Gasteiger partial charge < -0.3 is 14.8 Å². The van der Waals surface area contributed by atoms with E-state index in [1.807, 2.05) is 6.07 Å². The van der Waals surface area contributed by atoms with E-state index >= 15 is 0 Å². The Labute approximate surface area is 150 Å². The second-order valence-electron chi connectivity index (χ2n) is 6.05. The number of benzene rings is 1. The minimum Gasteiger partial charge on any atom is -0.367 e. The third-order valence-electron chi connectivity index (χ3n) is 4.31. The van der Waals surface area contributed by atoms with Gasteiger partial charge >= 0.3 is 0 Å². The first kappa shape index (κ1) is 17.5. The Morgan fingerprint density at radius 1 is 1.12 bits per heavy atom. The summed E-state index contributed by atoms with van der Waals surface area (Å²) in [6.45, 7) is 1.89. The molecule has 1 N–H and O–H groups in total. The quantitative estimate of drug-likeness (QED) is 0.911. The van der Waals surface area contributed by atoms with Crippen LogP contribution < -0.4 is 0 Å². The van der Waals surface area contributed by atoms with Crippen LogP contribution in [-0.4, -0.2) is 52.8 Å². The molecule has 2 heterocycles. The number of nitrogens with zero attached hydrogens (tertiary/aromatic N) is 2. The third-order valence-corrected chi connectivity index (χ3v) is 4.55. The van der Waals surface area contributed by atoms with Crippen LogP contribution in [0.15, 0.2) is 36.7 Å². The number of H-pyrrole nitrogens is 1. The summed E-state index contributed by atoms with van der Waals surface area (Å²) in [7, 11) is 0. The van der Waals surface area contributed by atoms with E-state index in [1.165, 1.54) is 18.2 Å². The molecule has 0 aliphatic carbocycles. The summed E-state index contributed by atoms with van der Waals surface area (Å²) in [5, 5.41) is 0.322. The molecule has 5 nitrogen and oxygen atoms in total. The first-order chi connectivity index (χ1) is 12.0. The molecule has 1 aliphatic rings. The lowest BCUT2D eigenvalue weighted by atomic mass is 10.2. The lowest BCUT2D eigenvalue weighted by Gasteiger charge is -2.22. The fourth-order valence-corrected chi connectivity index (χ4v) is 3.13. The maximum absolute atomic E-state index is 13.9. The topological polar surface area (TPSA) is 56.4 Å². The molecular weight excluding hydrogens is 345 g/mol. The number of rotatable bonds is 3. The largest absolute Gasteiger partial charge is 0.367 e. The number of halogens is 2. The molecule has 25 heavy (non-hydrogen) atoms. The Balaban J connectivity index is 1.64. The van der Waals surface area contributed by atoms with Crippen molar-refractivity contribution in [3.8, 4) is 0 Å². The molecule has 0 spiro atoms. The highest BCUT2D eigenvalue weighted by Gasteiger charge is 2.24. The van der Waals surface area contributed by atoms with Crippen molar-refractivity contribution in [2.24, 2.45) is 0 Å². The minimum atomic E-state index is -0.584. The van der Waals surface area contributed by atoms with Crippen molar-refractivity contribution < 1.29 is 14.0 Å². The minimum absolute atomic E-state index is 0.0281. The summed E-state index contributed by atoms with van der Waals surface area (Å²) >= 11 is 5.87. The van der Waals surface area contributed by atoms with Gasteiger partial charge in [-0.1, -0.05) is 11.6 Å². The molecule has 132 valence electrons. The van der Waals surface area contributed by atoms with Gasteiger partial charge in [-0.05, 0) is 36.2 Å². The average molecular weight is 364 g/mol. The zero-order valence-electron chi connectivity index (χ0n) is 13.7. The highest BCUT2D eigenvalue weighted by atomic mass is 35.5. The number of nitrogens with one attached hydrogen (secondary N) is 1. The molecular formula is C18H19ClFN3O2. The monoisotopic (exact) mass is 363 g/mol. The second kappa shape index (κ2) is 7.70. The van der Waals surface area contributed by atoms with Gasteiger partial charge in [-0.25, -0.2) is 4.39 Å². The molecule has 1 fully saturated rings. The van der Waals surface area contributed by atoms with Crippen LogP contribution in [0.25, 0.3) is 0 Å². The highest BCUT2D eigenvalue weighted by Crippen LogP contribution is 2.18. The maximum atomic E-state index is 13.9. The van der Waals surface area contributed by atoms with Gasteiger partial charge in [-0.3, -0.25) is 9.59 Å². The maximum Gasteiger partial charge on any atom is 0.256 e. The highest BCUT2D eigenvalue weighted by molar-refractivity contribution is 6.31. The number of carbonyl (C=O) groups excluding carboxylic acids is 2. The van der Waals surface area contributed by atoms with Crippen molar-refractivity contribution in [3.05, 3.63) is 58.6 Å². The SMILES string of the molecule is O=C(Cc1cc[nH]c1)N1CCCN(C(=O)c2cc(Cl)ccc2F)CC1. The van der Waals surface area contributed by atoms with Gasteiger partial charge in [-0.15, -0.1) is 0 Å². The molecule has 0 unspecified atom stereocenters. The van der Waals surface area contributed by atoms with Crippen molar-refractivity contribution >= 4 is 23.4 Å². The standard InChI is InChI=1S/C18H19ClFN3O2/c19-14-2-3-16(20)15(11-14)18(25)23-7-1-6-22(8-9-23)17(24)10-13-4-5-21-12-13/h2-5,11-12,21H,1,6-10H2. The summed E-state index contributed by atoms with van der Waals surface area (Å²) in [6, 6.07) is 5.82. The van der Waals surface area contributed by atoms with Crippen molar-refractivity contribution in [3.63, 3.8) is 0 Å². The predicted molar refractivity (Wildman–Crippen MR) is 93.0 cm³/mol. The van der Waals surface area contributed by atoms with Gasteiger partial charge in [0.2, 0.25) is 5.91 Å². The molecule has 1 aromatic heterocycles. The van der Waals surface area contributed by atoms with Crippen molar-refractivity contribution in [2.45, 2.75) is 12.8 Å². The van der Waals surface area contributed by atoms with Crippen LogP contribution in [0.1, 0.15) is 22.3 Å².